The van der Waals surface area contributed by atoms with E-state index in [0.717, 1.165) is 31.6 Å². The monoisotopic (exact) mass is 241 g/mol. The van der Waals surface area contributed by atoms with Crippen LogP contribution in [0.15, 0.2) is 30.5 Å². The van der Waals surface area contributed by atoms with Gasteiger partial charge in [0.05, 0.1) is 11.9 Å². The molecule has 1 unspecified atom stereocenters. The van der Waals surface area contributed by atoms with Crippen LogP contribution >= 0.6 is 0 Å². The lowest BCUT2D eigenvalue weighted by molar-refractivity contribution is 0.454. The molecule has 0 saturated carbocycles. The van der Waals surface area contributed by atoms with Crippen molar-refractivity contribution in [2.75, 3.05) is 0 Å². The first-order chi connectivity index (χ1) is 8.74. The summed E-state index contributed by atoms with van der Waals surface area (Å²) in [5.41, 5.74) is 9.94. The van der Waals surface area contributed by atoms with Crippen LogP contribution in [0.2, 0.25) is 0 Å². The van der Waals surface area contributed by atoms with Gasteiger partial charge in [-0.1, -0.05) is 29.8 Å². The van der Waals surface area contributed by atoms with E-state index >= 15 is 0 Å². The molecule has 2 heterocycles. The van der Waals surface area contributed by atoms with Crippen molar-refractivity contribution in [3.63, 3.8) is 0 Å². The normalized spacial score (nSPS) is 18.7. The summed E-state index contributed by atoms with van der Waals surface area (Å²) in [6, 6.07) is 8.79. The predicted molar refractivity (Wildman–Crippen MR) is 72.4 cm³/mol. The molecular weight excluding hydrogens is 222 g/mol. The second kappa shape index (κ2) is 4.58. The van der Waals surface area contributed by atoms with E-state index in [4.69, 9.17) is 5.73 Å². The highest BCUT2D eigenvalue weighted by atomic mass is 15.1. The Labute approximate surface area is 108 Å². The van der Waals surface area contributed by atoms with Crippen LogP contribution in [-0.4, -0.2) is 9.55 Å². The van der Waals surface area contributed by atoms with Crippen molar-refractivity contribution in [3.8, 4) is 0 Å². The van der Waals surface area contributed by atoms with Gasteiger partial charge in [-0.2, -0.15) is 0 Å². The van der Waals surface area contributed by atoms with Gasteiger partial charge in [0.25, 0.3) is 0 Å². The third-order valence-electron chi connectivity index (χ3n) is 3.69. The largest absolute Gasteiger partial charge is 0.330 e. The van der Waals surface area contributed by atoms with Gasteiger partial charge in [-0.15, -0.1) is 0 Å². The molecule has 3 heteroatoms. The van der Waals surface area contributed by atoms with E-state index in [2.05, 4.69) is 40.7 Å². The second-order valence-corrected chi connectivity index (χ2v) is 5.17. The standard InChI is InChI=1S/C15H19N3/c1-11-4-2-5-12(8-11)9-15-17-10-14-13(16)6-3-7-18(14)15/h2,4-5,8,10,13H,3,6-7,9,16H2,1H3. The number of benzene rings is 1. The molecule has 94 valence electrons. The van der Waals surface area contributed by atoms with Crippen LogP contribution in [0, 0.1) is 6.92 Å². The average Bonchev–Trinajstić information content (AvgIpc) is 2.74. The molecule has 1 aromatic heterocycles. The van der Waals surface area contributed by atoms with Crippen LogP contribution in [0.5, 0.6) is 0 Å². The molecule has 1 aromatic carbocycles. The molecule has 18 heavy (non-hydrogen) atoms. The Bertz CT molecular complexity index is 557. The lowest BCUT2D eigenvalue weighted by atomic mass is 10.0. The van der Waals surface area contributed by atoms with Crippen molar-refractivity contribution >= 4 is 0 Å². The van der Waals surface area contributed by atoms with E-state index in [-0.39, 0.29) is 6.04 Å². The fraction of sp³-hybridized carbons (Fsp3) is 0.400. The highest BCUT2D eigenvalue weighted by Crippen LogP contribution is 2.24. The van der Waals surface area contributed by atoms with Crippen molar-refractivity contribution in [2.45, 2.75) is 38.8 Å². The molecule has 0 spiro atoms. The van der Waals surface area contributed by atoms with Crippen LogP contribution in [0.4, 0.5) is 0 Å². The van der Waals surface area contributed by atoms with Gasteiger partial charge in [-0.05, 0) is 25.3 Å². The summed E-state index contributed by atoms with van der Waals surface area (Å²) >= 11 is 0. The van der Waals surface area contributed by atoms with E-state index in [1.54, 1.807) is 0 Å². The first-order valence-corrected chi connectivity index (χ1v) is 6.59. The average molecular weight is 241 g/mol. The van der Waals surface area contributed by atoms with E-state index in [1.807, 2.05) is 6.20 Å². The molecule has 0 amide bonds. The third kappa shape index (κ3) is 2.06. The minimum atomic E-state index is 0.164. The van der Waals surface area contributed by atoms with Crippen molar-refractivity contribution in [3.05, 3.63) is 53.1 Å². The highest BCUT2D eigenvalue weighted by Gasteiger charge is 2.20. The zero-order valence-electron chi connectivity index (χ0n) is 10.8. The smallest absolute Gasteiger partial charge is 0.113 e. The number of hydrogen-bond acceptors (Lipinski definition) is 2. The molecule has 0 aliphatic carbocycles. The first kappa shape index (κ1) is 11.5. The third-order valence-corrected chi connectivity index (χ3v) is 3.69. The van der Waals surface area contributed by atoms with E-state index in [0.29, 0.717) is 0 Å². The summed E-state index contributed by atoms with van der Waals surface area (Å²) in [5, 5.41) is 0. The predicted octanol–water partition coefficient (Wildman–Crippen LogP) is 2.58. The van der Waals surface area contributed by atoms with Crippen LogP contribution < -0.4 is 5.73 Å². The molecule has 2 aromatic rings. The molecule has 1 aliphatic heterocycles. The second-order valence-electron chi connectivity index (χ2n) is 5.17. The molecule has 0 bridgehead atoms. The molecule has 0 saturated heterocycles. The summed E-state index contributed by atoms with van der Waals surface area (Å²) in [5.74, 6) is 1.14. The van der Waals surface area contributed by atoms with Crippen molar-refractivity contribution in [2.24, 2.45) is 5.73 Å². The summed E-state index contributed by atoms with van der Waals surface area (Å²) in [4.78, 5) is 4.56. The van der Waals surface area contributed by atoms with Crippen molar-refractivity contribution in [1.82, 2.24) is 9.55 Å². The van der Waals surface area contributed by atoms with Crippen molar-refractivity contribution < 1.29 is 0 Å². The van der Waals surface area contributed by atoms with E-state index in [9.17, 15) is 0 Å². The number of hydrogen-bond donors (Lipinski definition) is 1. The molecule has 2 N–H and O–H groups in total. The van der Waals surface area contributed by atoms with Gasteiger partial charge in [0, 0.05) is 19.0 Å². The molecule has 0 fully saturated rings. The summed E-state index contributed by atoms with van der Waals surface area (Å²) in [7, 11) is 0. The van der Waals surface area contributed by atoms with Gasteiger partial charge in [0.2, 0.25) is 0 Å². The van der Waals surface area contributed by atoms with Crippen LogP contribution in [0.3, 0.4) is 0 Å². The van der Waals surface area contributed by atoms with Gasteiger partial charge in [-0.3, -0.25) is 0 Å². The Hall–Kier alpha value is -1.61. The van der Waals surface area contributed by atoms with Crippen LogP contribution in [0.1, 0.15) is 41.5 Å². The fourth-order valence-electron chi connectivity index (χ4n) is 2.75. The number of rotatable bonds is 2. The van der Waals surface area contributed by atoms with Crippen LogP contribution in [0.25, 0.3) is 0 Å². The van der Waals surface area contributed by atoms with Gasteiger partial charge in [0.1, 0.15) is 5.82 Å². The molecule has 0 radical (unpaired) electrons. The van der Waals surface area contributed by atoms with Crippen molar-refractivity contribution in [1.29, 1.82) is 0 Å². The molecular formula is C15H19N3. The lowest BCUT2D eigenvalue weighted by Crippen LogP contribution is -2.22. The molecule has 3 nitrogen and oxygen atoms in total. The Morgan fingerprint density at radius 2 is 2.33 bits per heavy atom. The lowest BCUT2D eigenvalue weighted by Gasteiger charge is -2.22. The van der Waals surface area contributed by atoms with Gasteiger partial charge in [0.15, 0.2) is 0 Å². The highest BCUT2D eigenvalue weighted by molar-refractivity contribution is 5.26. The number of aryl methyl sites for hydroxylation is 1. The number of nitrogens with two attached hydrogens (primary N) is 1. The minimum absolute atomic E-state index is 0.164. The number of imidazole rings is 1. The van der Waals surface area contributed by atoms with E-state index in [1.165, 1.54) is 16.8 Å². The SMILES string of the molecule is Cc1cccc(Cc2ncc3n2CCCC3N)c1. The number of nitrogens with zero attached hydrogens (tertiary/aromatic N) is 2. The number of aromatic nitrogens is 2. The van der Waals surface area contributed by atoms with Gasteiger partial charge >= 0.3 is 0 Å². The molecule has 1 atom stereocenters. The maximum absolute atomic E-state index is 6.12. The fourth-order valence-corrected chi connectivity index (χ4v) is 2.75. The Morgan fingerprint density at radius 1 is 1.44 bits per heavy atom. The minimum Gasteiger partial charge on any atom is -0.330 e. The van der Waals surface area contributed by atoms with Gasteiger partial charge < -0.3 is 10.3 Å². The van der Waals surface area contributed by atoms with Gasteiger partial charge in [-0.25, -0.2) is 4.98 Å². The molecule has 3 rings (SSSR count). The Balaban J connectivity index is 1.90. The Kier molecular flexibility index (Phi) is 2.92. The summed E-state index contributed by atoms with van der Waals surface area (Å²) in [6.07, 6.45) is 5.09. The van der Waals surface area contributed by atoms with Crippen LogP contribution in [-0.2, 0) is 13.0 Å². The quantitative estimate of drug-likeness (QED) is 0.878. The number of fused-ring (bicyclic) bond motifs is 1. The first-order valence-electron chi connectivity index (χ1n) is 6.59. The maximum Gasteiger partial charge on any atom is 0.113 e. The zero-order valence-corrected chi connectivity index (χ0v) is 10.8. The summed E-state index contributed by atoms with van der Waals surface area (Å²) < 4.78 is 2.30. The molecule has 1 aliphatic rings. The topological polar surface area (TPSA) is 43.8 Å². The van der Waals surface area contributed by atoms with E-state index < -0.39 is 0 Å². The maximum atomic E-state index is 6.12. The summed E-state index contributed by atoms with van der Waals surface area (Å²) in [6.45, 7) is 3.19. The Morgan fingerprint density at radius 3 is 3.17 bits per heavy atom. The zero-order chi connectivity index (χ0) is 12.5.